The zero-order valence-corrected chi connectivity index (χ0v) is 12.8. The van der Waals surface area contributed by atoms with Crippen LogP contribution in [0.3, 0.4) is 0 Å². The molecule has 0 spiro atoms. The van der Waals surface area contributed by atoms with Gasteiger partial charge in [0.1, 0.15) is 0 Å². The average Bonchev–Trinajstić information content (AvgIpc) is 2.28. The van der Waals surface area contributed by atoms with Crippen LogP contribution in [0.1, 0.15) is 31.1 Å². The van der Waals surface area contributed by atoms with E-state index in [0.717, 1.165) is 0 Å². The summed E-state index contributed by atoms with van der Waals surface area (Å²) in [4.78, 5) is 12.8. The predicted molar refractivity (Wildman–Crippen MR) is 78.4 cm³/mol. The summed E-state index contributed by atoms with van der Waals surface area (Å²) in [5, 5.41) is 8.96. The first-order valence-electron chi connectivity index (χ1n) is 5.80. The Labute approximate surface area is 120 Å². The van der Waals surface area contributed by atoms with Crippen LogP contribution in [0, 0.1) is 5.82 Å². The minimum Gasteiger partial charge on any atom is -0.478 e. The zero-order valence-electron chi connectivity index (χ0n) is 11.2. The van der Waals surface area contributed by atoms with E-state index in [0.29, 0.717) is 12.2 Å². The lowest BCUT2D eigenvalue weighted by atomic mass is 10.0. The van der Waals surface area contributed by atoms with E-state index in [1.807, 2.05) is 25.7 Å². The highest BCUT2D eigenvalue weighted by atomic mass is 79.9. The number of rotatable bonds is 4. The smallest absolute Gasteiger partial charge is 0.336 e. The third-order valence-electron chi connectivity index (χ3n) is 2.70. The predicted octanol–water partition coefficient (Wildman–Crippen LogP) is 4.08. The van der Waals surface area contributed by atoms with Crippen LogP contribution in [0.2, 0.25) is 0 Å². The van der Waals surface area contributed by atoms with Gasteiger partial charge < -0.3 is 10.0 Å². The largest absolute Gasteiger partial charge is 0.478 e. The maximum Gasteiger partial charge on any atom is 0.336 e. The van der Waals surface area contributed by atoms with Crippen molar-refractivity contribution < 1.29 is 14.3 Å². The van der Waals surface area contributed by atoms with Gasteiger partial charge in [-0.2, -0.15) is 0 Å². The second-order valence-electron chi connectivity index (χ2n) is 5.14. The molecule has 1 N–H and O–H groups in total. The Morgan fingerprint density at radius 1 is 1.53 bits per heavy atom. The highest BCUT2D eigenvalue weighted by Gasteiger charge is 2.25. The number of nitrogens with zero attached hydrogens (tertiary/aromatic N) is 1. The van der Waals surface area contributed by atoms with Crippen molar-refractivity contribution in [3.8, 4) is 0 Å². The molecule has 0 bridgehead atoms. The van der Waals surface area contributed by atoms with Gasteiger partial charge in [-0.1, -0.05) is 6.08 Å². The van der Waals surface area contributed by atoms with Gasteiger partial charge in [0.15, 0.2) is 5.82 Å². The molecule has 1 aromatic rings. The van der Waals surface area contributed by atoms with Crippen LogP contribution in [0.4, 0.5) is 10.1 Å². The van der Waals surface area contributed by atoms with Crippen LogP contribution >= 0.6 is 15.9 Å². The number of benzene rings is 1. The molecular formula is C14H17BrFNO2. The van der Waals surface area contributed by atoms with Gasteiger partial charge in [-0.3, -0.25) is 0 Å². The molecule has 0 unspecified atom stereocenters. The van der Waals surface area contributed by atoms with E-state index in [1.54, 1.807) is 6.08 Å². The molecular weight excluding hydrogens is 313 g/mol. The lowest BCUT2D eigenvalue weighted by Crippen LogP contribution is -2.42. The molecule has 0 fully saturated rings. The minimum atomic E-state index is -1.16. The molecule has 0 aromatic heterocycles. The lowest BCUT2D eigenvalue weighted by Gasteiger charge is -2.37. The van der Waals surface area contributed by atoms with E-state index < -0.39 is 11.8 Å². The maximum atomic E-state index is 14.3. The summed E-state index contributed by atoms with van der Waals surface area (Å²) >= 11 is 3.01. The quantitative estimate of drug-likeness (QED) is 0.846. The molecule has 0 radical (unpaired) electrons. The SMILES string of the molecule is C=CCN(c1ccc(C(=O)O)c(Br)c1F)C(C)(C)C. The Balaban J connectivity index is 3.38. The van der Waals surface area contributed by atoms with E-state index >= 15 is 0 Å². The summed E-state index contributed by atoms with van der Waals surface area (Å²) in [7, 11) is 0. The Morgan fingerprint density at radius 3 is 2.53 bits per heavy atom. The molecule has 1 rings (SSSR count). The second-order valence-corrected chi connectivity index (χ2v) is 5.93. The van der Waals surface area contributed by atoms with Crippen molar-refractivity contribution in [3.05, 3.63) is 40.6 Å². The summed E-state index contributed by atoms with van der Waals surface area (Å²) in [6.07, 6.45) is 1.68. The zero-order chi connectivity index (χ0) is 14.8. The fraction of sp³-hybridized carbons (Fsp3) is 0.357. The van der Waals surface area contributed by atoms with Gasteiger partial charge in [0.25, 0.3) is 0 Å². The van der Waals surface area contributed by atoms with Crippen molar-refractivity contribution in [2.75, 3.05) is 11.4 Å². The molecule has 0 amide bonds. The Bertz CT molecular complexity index is 509. The first-order valence-corrected chi connectivity index (χ1v) is 6.59. The van der Waals surface area contributed by atoms with E-state index in [1.165, 1.54) is 12.1 Å². The molecule has 104 valence electrons. The maximum absolute atomic E-state index is 14.3. The van der Waals surface area contributed by atoms with Crippen LogP contribution in [0.15, 0.2) is 29.3 Å². The molecule has 1 aromatic carbocycles. The minimum absolute atomic E-state index is 0.0317. The lowest BCUT2D eigenvalue weighted by molar-refractivity contribution is 0.0695. The van der Waals surface area contributed by atoms with Crippen LogP contribution in [-0.4, -0.2) is 23.2 Å². The number of anilines is 1. The first-order chi connectivity index (χ1) is 8.70. The summed E-state index contributed by atoms with van der Waals surface area (Å²) in [6, 6.07) is 2.88. The molecule has 0 heterocycles. The molecule has 0 aliphatic carbocycles. The topological polar surface area (TPSA) is 40.5 Å². The number of carbonyl (C=O) groups is 1. The molecule has 5 heteroatoms. The Morgan fingerprint density at radius 2 is 2.11 bits per heavy atom. The molecule has 19 heavy (non-hydrogen) atoms. The van der Waals surface area contributed by atoms with Crippen molar-refractivity contribution in [1.82, 2.24) is 0 Å². The van der Waals surface area contributed by atoms with E-state index in [9.17, 15) is 9.18 Å². The summed E-state index contributed by atoms with van der Waals surface area (Å²) in [6.45, 7) is 10.00. The van der Waals surface area contributed by atoms with Crippen molar-refractivity contribution in [2.24, 2.45) is 0 Å². The van der Waals surface area contributed by atoms with Crippen LogP contribution in [-0.2, 0) is 0 Å². The van der Waals surface area contributed by atoms with Crippen LogP contribution < -0.4 is 4.90 Å². The highest BCUT2D eigenvalue weighted by molar-refractivity contribution is 9.10. The normalized spacial score (nSPS) is 11.2. The number of carboxylic acid groups (broad SMARTS) is 1. The van der Waals surface area contributed by atoms with E-state index in [4.69, 9.17) is 5.11 Å². The van der Waals surface area contributed by atoms with Crippen molar-refractivity contribution >= 4 is 27.6 Å². The van der Waals surface area contributed by atoms with Crippen LogP contribution in [0.5, 0.6) is 0 Å². The molecule has 3 nitrogen and oxygen atoms in total. The number of carboxylic acids is 1. The van der Waals surface area contributed by atoms with Gasteiger partial charge in [-0.15, -0.1) is 6.58 Å². The number of aromatic carboxylic acids is 1. The standard InChI is InChI=1S/C14H17BrFNO2/c1-5-8-17(14(2,3)4)10-7-6-9(13(18)19)11(15)12(10)16/h5-7H,1,8H2,2-4H3,(H,18,19). The third-order valence-corrected chi connectivity index (χ3v) is 3.48. The van der Waals surface area contributed by atoms with E-state index in [-0.39, 0.29) is 15.6 Å². The van der Waals surface area contributed by atoms with Gasteiger partial charge in [0, 0.05) is 12.1 Å². The second kappa shape index (κ2) is 5.74. The van der Waals surface area contributed by atoms with Crippen molar-refractivity contribution in [1.29, 1.82) is 0 Å². The summed E-state index contributed by atoms with van der Waals surface area (Å²) < 4.78 is 14.3. The summed E-state index contributed by atoms with van der Waals surface area (Å²) in [5.74, 6) is -1.74. The van der Waals surface area contributed by atoms with Crippen molar-refractivity contribution in [3.63, 3.8) is 0 Å². The molecule has 0 saturated heterocycles. The number of halogens is 2. The Kier molecular flexibility index (Phi) is 4.74. The fourth-order valence-electron chi connectivity index (χ4n) is 1.78. The molecule has 0 saturated carbocycles. The van der Waals surface area contributed by atoms with Gasteiger partial charge in [-0.05, 0) is 48.8 Å². The fourth-order valence-corrected chi connectivity index (χ4v) is 2.28. The van der Waals surface area contributed by atoms with E-state index in [2.05, 4.69) is 22.5 Å². The highest BCUT2D eigenvalue weighted by Crippen LogP contribution is 2.33. The van der Waals surface area contributed by atoms with Gasteiger partial charge in [-0.25, -0.2) is 9.18 Å². The molecule has 0 aliphatic rings. The number of hydrogen-bond donors (Lipinski definition) is 1. The monoisotopic (exact) mass is 329 g/mol. The van der Waals surface area contributed by atoms with Gasteiger partial charge >= 0.3 is 5.97 Å². The van der Waals surface area contributed by atoms with Gasteiger partial charge in [0.2, 0.25) is 0 Å². The average molecular weight is 330 g/mol. The molecule has 0 atom stereocenters. The van der Waals surface area contributed by atoms with Crippen molar-refractivity contribution in [2.45, 2.75) is 26.3 Å². The summed E-state index contributed by atoms with van der Waals surface area (Å²) in [5.41, 5.74) is -0.0443. The first kappa shape index (κ1) is 15.7. The number of hydrogen-bond acceptors (Lipinski definition) is 2. The molecule has 0 aliphatic heterocycles. The van der Waals surface area contributed by atoms with Gasteiger partial charge in [0.05, 0.1) is 15.7 Å². The van der Waals surface area contributed by atoms with Crippen LogP contribution in [0.25, 0.3) is 0 Å². The third kappa shape index (κ3) is 3.35. The Hall–Kier alpha value is -1.36.